The fraction of sp³-hybridized carbons (Fsp3) is 0.278. The Bertz CT molecular complexity index is 848. The zero-order chi connectivity index (χ0) is 17.2. The second-order valence-electron chi connectivity index (χ2n) is 6.15. The molecular weight excluding hydrogens is 326 g/mol. The highest BCUT2D eigenvalue weighted by molar-refractivity contribution is 7.91. The Hall–Kier alpha value is -2.34. The topological polar surface area (TPSA) is 83.5 Å². The molecule has 0 amide bonds. The van der Waals surface area contributed by atoms with Gasteiger partial charge in [-0.3, -0.25) is 4.79 Å². The number of rotatable bonds is 5. The third-order valence-corrected chi connectivity index (χ3v) is 6.30. The molecule has 0 saturated carbocycles. The van der Waals surface area contributed by atoms with Gasteiger partial charge < -0.3 is 10.4 Å². The third kappa shape index (κ3) is 3.14. The number of sulfone groups is 1. The molecule has 2 N–H and O–H groups in total. The van der Waals surface area contributed by atoms with Gasteiger partial charge in [0.05, 0.1) is 16.1 Å². The van der Waals surface area contributed by atoms with Crippen molar-refractivity contribution in [1.82, 2.24) is 0 Å². The number of hydrogen-bond donors (Lipinski definition) is 2. The summed E-state index contributed by atoms with van der Waals surface area (Å²) in [7, 11) is -3.50. The fourth-order valence-electron chi connectivity index (χ4n) is 3.05. The summed E-state index contributed by atoms with van der Waals surface area (Å²) in [5.41, 5.74) is 0.708. The van der Waals surface area contributed by atoms with Gasteiger partial charge in [-0.2, -0.15) is 0 Å². The Morgan fingerprint density at radius 1 is 1.08 bits per heavy atom. The minimum absolute atomic E-state index is 0.0703. The molecule has 1 unspecified atom stereocenters. The van der Waals surface area contributed by atoms with E-state index in [9.17, 15) is 18.3 Å². The molecule has 0 bridgehead atoms. The zero-order valence-corrected chi connectivity index (χ0v) is 13.9. The number of hydrogen-bond acceptors (Lipinski definition) is 4. The highest BCUT2D eigenvalue weighted by atomic mass is 32.2. The molecule has 0 saturated heterocycles. The maximum Gasteiger partial charge on any atom is 0.311 e. The van der Waals surface area contributed by atoms with Crippen LogP contribution < -0.4 is 5.32 Å². The van der Waals surface area contributed by atoms with E-state index in [0.29, 0.717) is 6.42 Å². The van der Waals surface area contributed by atoms with Crippen LogP contribution in [-0.2, 0) is 21.1 Å². The van der Waals surface area contributed by atoms with Gasteiger partial charge in [0.2, 0.25) is 0 Å². The van der Waals surface area contributed by atoms with Crippen molar-refractivity contribution in [1.29, 1.82) is 0 Å². The van der Waals surface area contributed by atoms with Crippen LogP contribution in [0.1, 0.15) is 12.0 Å². The second kappa shape index (κ2) is 6.28. The van der Waals surface area contributed by atoms with Gasteiger partial charge in [0, 0.05) is 12.2 Å². The molecule has 1 heterocycles. The van der Waals surface area contributed by atoms with E-state index in [-0.39, 0.29) is 23.6 Å². The second-order valence-corrected chi connectivity index (χ2v) is 8.26. The molecule has 126 valence electrons. The number of aliphatic carboxylic acids is 1. The number of fused-ring (bicyclic) bond motifs is 1. The Labute approximate surface area is 141 Å². The smallest absolute Gasteiger partial charge is 0.311 e. The summed E-state index contributed by atoms with van der Waals surface area (Å²) in [6.07, 6.45) is 0.400. The standard InChI is InChI=1S/C18H19NO4S/c20-17(21)18(12-14-6-4-5-9-16(14)19-13-18)10-11-24(22,23)15-7-2-1-3-8-15/h1-9,19H,10-13H2,(H,20,21). The molecule has 2 aromatic carbocycles. The lowest BCUT2D eigenvalue weighted by Gasteiger charge is -2.35. The van der Waals surface area contributed by atoms with E-state index in [0.717, 1.165) is 11.3 Å². The first-order valence-corrected chi connectivity index (χ1v) is 9.41. The van der Waals surface area contributed by atoms with Gasteiger partial charge in [0.1, 0.15) is 0 Å². The highest BCUT2D eigenvalue weighted by Crippen LogP contribution is 2.36. The Balaban J connectivity index is 1.83. The van der Waals surface area contributed by atoms with Crippen molar-refractivity contribution in [2.24, 2.45) is 5.41 Å². The van der Waals surface area contributed by atoms with E-state index in [2.05, 4.69) is 5.32 Å². The lowest BCUT2D eigenvalue weighted by Crippen LogP contribution is -2.44. The van der Waals surface area contributed by atoms with Crippen molar-refractivity contribution in [3.05, 3.63) is 60.2 Å². The molecule has 1 aliphatic heterocycles. The predicted octanol–water partition coefficient (Wildman–Crippen LogP) is 2.59. The average Bonchev–Trinajstić information content (AvgIpc) is 2.60. The van der Waals surface area contributed by atoms with Crippen molar-refractivity contribution in [3.8, 4) is 0 Å². The summed E-state index contributed by atoms with van der Waals surface area (Å²) < 4.78 is 24.9. The van der Waals surface area contributed by atoms with E-state index in [4.69, 9.17) is 0 Å². The Morgan fingerprint density at radius 3 is 2.46 bits per heavy atom. The van der Waals surface area contributed by atoms with Crippen molar-refractivity contribution >= 4 is 21.5 Å². The first-order valence-electron chi connectivity index (χ1n) is 7.76. The average molecular weight is 345 g/mol. The summed E-state index contributed by atoms with van der Waals surface area (Å²) in [6.45, 7) is 0.226. The molecule has 0 aliphatic carbocycles. The van der Waals surface area contributed by atoms with Crippen molar-refractivity contribution in [2.75, 3.05) is 17.6 Å². The summed E-state index contributed by atoms with van der Waals surface area (Å²) in [4.78, 5) is 12.1. The molecule has 0 radical (unpaired) electrons. The van der Waals surface area contributed by atoms with E-state index < -0.39 is 21.2 Å². The monoisotopic (exact) mass is 345 g/mol. The van der Waals surface area contributed by atoms with E-state index in [1.54, 1.807) is 18.2 Å². The van der Waals surface area contributed by atoms with Crippen LogP contribution in [0, 0.1) is 5.41 Å². The zero-order valence-electron chi connectivity index (χ0n) is 13.1. The molecule has 6 heteroatoms. The molecule has 0 aromatic heterocycles. The molecule has 0 fully saturated rings. The van der Waals surface area contributed by atoms with Crippen LogP contribution in [0.2, 0.25) is 0 Å². The van der Waals surface area contributed by atoms with Crippen molar-refractivity contribution in [3.63, 3.8) is 0 Å². The van der Waals surface area contributed by atoms with E-state index in [1.807, 2.05) is 24.3 Å². The van der Waals surface area contributed by atoms with Crippen LogP contribution in [0.15, 0.2) is 59.5 Å². The number of para-hydroxylation sites is 1. The summed E-state index contributed by atoms with van der Waals surface area (Å²) in [6, 6.07) is 15.7. The number of benzene rings is 2. The molecule has 24 heavy (non-hydrogen) atoms. The molecule has 1 aliphatic rings. The van der Waals surface area contributed by atoms with Gasteiger partial charge in [-0.1, -0.05) is 36.4 Å². The van der Waals surface area contributed by atoms with Crippen molar-refractivity contribution in [2.45, 2.75) is 17.7 Å². The Kier molecular flexibility index (Phi) is 4.32. The largest absolute Gasteiger partial charge is 0.481 e. The molecular formula is C18H19NO4S. The van der Waals surface area contributed by atoms with Gasteiger partial charge >= 0.3 is 5.97 Å². The lowest BCUT2D eigenvalue weighted by atomic mass is 9.76. The van der Waals surface area contributed by atoms with E-state index >= 15 is 0 Å². The predicted molar refractivity (Wildman–Crippen MR) is 91.8 cm³/mol. The van der Waals surface area contributed by atoms with E-state index in [1.165, 1.54) is 12.1 Å². The normalized spacial score (nSPS) is 20.0. The summed E-state index contributed by atoms with van der Waals surface area (Å²) in [5, 5.41) is 12.9. The minimum atomic E-state index is -3.50. The van der Waals surface area contributed by atoms with Gasteiger partial charge in [-0.25, -0.2) is 8.42 Å². The first kappa shape index (κ1) is 16.5. The highest BCUT2D eigenvalue weighted by Gasteiger charge is 2.42. The van der Waals surface area contributed by atoms with Gasteiger partial charge in [-0.15, -0.1) is 0 Å². The molecule has 1 atom stereocenters. The molecule has 3 rings (SSSR count). The van der Waals surface area contributed by atoms with Crippen LogP contribution in [0.25, 0.3) is 0 Å². The third-order valence-electron chi connectivity index (χ3n) is 4.57. The molecule has 5 nitrogen and oxygen atoms in total. The quantitative estimate of drug-likeness (QED) is 0.870. The van der Waals surface area contributed by atoms with Gasteiger partial charge in [0.15, 0.2) is 9.84 Å². The Morgan fingerprint density at radius 2 is 1.75 bits per heavy atom. The fourth-order valence-corrected chi connectivity index (χ4v) is 4.52. The molecule has 2 aromatic rings. The SMILES string of the molecule is O=C(O)C1(CCS(=O)(=O)c2ccccc2)CNc2ccccc2C1. The van der Waals surface area contributed by atoms with Crippen LogP contribution in [0.5, 0.6) is 0 Å². The number of carboxylic acid groups (broad SMARTS) is 1. The van der Waals surface area contributed by atoms with Gasteiger partial charge in [-0.05, 0) is 36.6 Å². The van der Waals surface area contributed by atoms with Crippen LogP contribution in [0.4, 0.5) is 5.69 Å². The summed E-state index contributed by atoms with van der Waals surface area (Å²) >= 11 is 0. The first-order chi connectivity index (χ1) is 11.4. The van der Waals surface area contributed by atoms with Gasteiger partial charge in [0.25, 0.3) is 0 Å². The number of carbonyl (C=O) groups is 1. The maximum atomic E-state index is 12.5. The number of carboxylic acids is 1. The van der Waals surface area contributed by atoms with Crippen LogP contribution in [0.3, 0.4) is 0 Å². The minimum Gasteiger partial charge on any atom is -0.481 e. The van der Waals surface area contributed by atoms with Crippen LogP contribution >= 0.6 is 0 Å². The van der Waals surface area contributed by atoms with Crippen molar-refractivity contribution < 1.29 is 18.3 Å². The number of anilines is 1. The maximum absolute atomic E-state index is 12.5. The lowest BCUT2D eigenvalue weighted by molar-refractivity contribution is -0.148. The number of nitrogens with one attached hydrogen (secondary N) is 1. The molecule has 0 spiro atoms. The summed E-state index contributed by atoms with van der Waals surface area (Å²) in [5.74, 6) is -1.15. The van der Waals surface area contributed by atoms with Crippen LogP contribution in [-0.4, -0.2) is 31.8 Å².